The predicted octanol–water partition coefficient (Wildman–Crippen LogP) is 2.03. The average Bonchev–Trinajstić information content (AvgIpc) is 3.00. The van der Waals surface area contributed by atoms with Crippen LogP contribution in [0.2, 0.25) is 0 Å². The zero-order valence-electron chi connectivity index (χ0n) is 12.9. The maximum absolute atomic E-state index is 12.1. The molecule has 0 aliphatic carbocycles. The van der Waals surface area contributed by atoms with Crippen LogP contribution in [0.3, 0.4) is 0 Å². The molecule has 2 heterocycles. The average molecular weight is 292 g/mol. The summed E-state index contributed by atoms with van der Waals surface area (Å²) in [5.74, 6) is 0.985. The zero-order valence-corrected chi connectivity index (χ0v) is 12.9. The molecule has 1 aliphatic heterocycles. The molecule has 1 saturated heterocycles. The van der Waals surface area contributed by atoms with E-state index in [1.807, 2.05) is 28.0 Å². The third-order valence-electron chi connectivity index (χ3n) is 4.32. The van der Waals surface area contributed by atoms with Crippen molar-refractivity contribution in [1.29, 1.82) is 0 Å². The number of nitrogens with zero attached hydrogens (tertiary/aromatic N) is 3. The second-order valence-electron chi connectivity index (χ2n) is 6.01. The van der Waals surface area contributed by atoms with E-state index in [1.165, 1.54) is 0 Å². The molecule has 0 atom stereocenters. The lowest BCUT2D eigenvalue weighted by molar-refractivity contribution is -0.132. The summed E-state index contributed by atoms with van der Waals surface area (Å²) >= 11 is 0. The highest BCUT2D eigenvalue weighted by molar-refractivity contribution is 5.76. The lowest BCUT2D eigenvalue weighted by Crippen LogP contribution is -2.39. The van der Waals surface area contributed by atoms with Gasteiger partial charge in [-0.3, -0.25) is 9.48 Å². The molecule has 21 heavy (non-hydrogen) atoms. The number of rotatable bonds is 8. The van der Waals surface area contributed by atoms with Gasteiger partial charge in [0.05, 0.1) is 0 Å². The van der Waals surface area contributed by atoms with E-state index in [-0.39, 0.29) is 0 Å². The Morgan fingerprint density at radius 1 is 1.19 bits per heavy atom. The predicted molar refractivity (Wildman–Crippen MR) is 83.7 cm³/mol. The smallest absolute Gasteiger partial charge is 0.222 e. The van der Waals surface area contributed by atoms with Gasteiger partial charge in [-0.15, -0.1) is 0 Å². The maximum atomic E-state index is 12.1. The highest BCUT2D eigenvalue weighted by atomic mass is 16.2. The van der Waals surface area contributed by atoms with Gasteiger partial charge in [0.15, 0.2) is 0 Å². The number of hydrogen-bond acceptors (Lipinski definition) is 3. The van der Waals surface area contributed by atoms with Crippen molar-refractivity contribution >= 4 is 5.91 Å². The Labute approximate surface area is 127 Å². The van der Waals surface area contributed by atoms with E-state index in [2.05, 4.69) is 5.10 Å². The largest absolute Gasteiger partial charge is 0.343 e. The van der Waals surface area contributed by atoms with Crippen LogP contribution in [0.15, 0.2) is 18.5 Å². The van der Waals surface area contributed by atoms with Gasteiger partial charge < -0.3 is 10.6 Å². The van der Waals surface area contributed by atoms with Crippen molar-refractivity contribution in [3.05, 3.63) is 18.5 Å². The van der Waals surface area contributed by atoms with Crippen LogP contribution in [0.1, 0.15) is 44.9 Å². The van der Waals surface area contributed by atoms with Crippen LogP contribution in [0.25, 0.3) is 0 Å². The number of hydrogen-bond donors (Lipinski definition) is 1. The summed E-state index contributed by atoms with van der Waals surface area (Å²) in [7, 11) is 0. The highest BCUT2D eigenvalue weighted by Crippen LogP contribution is 2.20. The van der Waals surface area contributed by atoms with Crippen molar-refractivity contribution in [3.63, 3.8) is 0 Å². The molecule has 1 fully saturated rings. The van der Waals surface area contributed by atoms with Crippen molar-refractivity contribution < 1.29 is 4.79 Å². The summed E-state index contributed by atoms with van der Waals surface area (Å²) in [6.45, 7) is 3.56. The minimum Gasteiger partial charge on any atom is -0.343 e. The standard InChI is InChI=1S/C16H28N4O/c17-9-4-2-1-3-6-16(21)19-12-7-15(8-13-19)14-20-11-5-10-18-20/h5,10-11,15H,1-4,6-9,12-14,17H2. The van der Waals surface area contributed by atoms with Crippen molar-refractivity contribution in [3.8, 4) is 0 Å². The van der Waals surface area contributed by atoms with E-state index in [0.717, 1.165) is 64.7 Å². The van der Waals surface area contributed by atoms with E-state index in [4.69, 9.17) is 5.73 Å². The highest BCUT2D eigenvalue weighted by Gasteiger charge is 2.22. The van der Waals surface area contributed by atoms with Crippen LogP contribution in [0, 0.1) is 5.92 Å². The molecule has 1 aromatic heterocycles. The van der Waals surface area contributed by atoms with Crippen LogP contribution in [0.5, 0.6) is 0 Å². The van der Waals surface area contributed by atoms with Gasteiger partial charge >= 0.3 is 0 Å². The Bertz CT molecular complexity index is 396. The van der Waals surface area contributed by atoms with Crippen LogP contribution >= 0.6 is 0 Å². The van der Waals surface area contributed by atoms with Crippen molar-refractivity contribution in [2.24, 2.45) is 11.7 Å². The second-order valence-corrected chi connectivity index (χ2v) is 6.01. The molecule has 1 aliphatic rings. The van der Waals surface area contributed by atoms with Crippen LogP contribution in [0.4, 0.5) is 0 Å². The maximum Gasteiger partial charge on any atom is 0.222 e. The van der Waals surface area contributed by atoms with E-state index < -0.39 is 0 Å². The SMILES string of the molecule is NCCCCCCC(=O)N1CCC(Cn2cccn2)CC1. The van der Waals surface area contributed by atoms with Gasteiger partial charge in [0.25, 0.3) is 0 Å². The van der Waals surface area contributed by atoms with Gasteiger partial charge in [0.1, 0.15) is 0 Å². The van der Waals surface area contributed by atoms with Gasteiger partial charge in [-0.1, -0.05) is 12.8 Å². The molecule has 2 N–H and O–H groups in total. The zero-order chi connectivity index (χ0) is 14.9. The monoisotopic (exact) mass is 292 g/mol. The van der Waals surface area contributed by atoms with E-state index in [0.29, 0.717) is 18.2 Å². The summed E-state index contributed by atoms with van der Waals surface area (Å²) in [6.07, 6.45) is 11.1. The van der Waals surface area contributed by atoms with E-state index in [9.17, 15) is 4.79 Å². The van der Waals surface area contributed by atoms with Gasteiger partial charge in [0, 0.05) is 38.4 Å². The number of piperidine rings is 1. The second kappa shape index (κ2) is 8.82. The number of carbonyl (C=O) groups excluding carboxylic acids is 1. The summed E-state index contributed by atoms with van der Waals surface area (Å²) in [4.78, 5) is 14.2. The first kappa shape index (κ1) is 16.0. The number of aromatic nitrogens is 2. The van der Waals surface area contributed by atoms with Gasteiger partial charge in [0.2, 0.25) is 5.91 Å². The Hall–Kier alpha value is -1.36. The molecule has 5 heteroatoms. The number of amides is 1. The molecule has 5 nitrogen and oxygen atoms in total. The van der Waals surface area contributed by atoms with Gasteiger partial charge in [-0.25, -0.2) is 0 Å². The molecule has 0 radical (unpaired) electrons. The molecular weight excluding hydrogens is 264 g/mol. The van der Waals surface area contributed by atoms with E-state index >= 15 is 0 Å². The molecule has 0 aromatic carbocycles. The molecule has 1 aromatic rings. The van der Waals surface area contributed by atoms with Crippen molar-refractivity contribution in [2.45, 2.75) is 51.5 Å². The van der Waals surface area contributed by atoms with Crippen molar-refractivity contribution in [2.75, 3.05) is 19.6 Å². The Morgan fingerprint density at radius 3 is 2.62 bits per heavy atom. The Morgan fingerprint density at radius 2 is 1.95 bits per heavy atom. The molecule has 0 saturated carbocycles. The Balaban J connectivity index is 1.60. The lowest BCUT2D eigenvalue weighted by atomic mass is 9.96. The third-order valence-corrected chi connectivity index (χ3v) is 4.32. The number of nitrogens with two attached hydrogens (primary N) is 1. The van der Waals surface area contributed by atoms with Crippen molar-refractivity contribution in [1.82, 2.24) is 14.7 Å². The van der Waals surface area contributed by atoms with Crippen LogP contribution in [-0.2, 0) is 11.3 Å². The first-order valence-electron chi connectivity index (χ1n) is 8.25. The van der Waals surface area contributed by atoms with Crippen LogP contribution in [-0.4, -0.2) is 40.2 Å². The summed E-state index contributed by atoms with van der Waals surface area (Å²) in [5, 5.41) is 4.26. The molecular formula is C16H28N4O. The van der Waals surface area contributed by atoms with Gasteiger partial charge in [-0.05, 0) is 44.2 Å². The summed E-state index contributed by atoms with van der Waals surface area (Å²) in [5.41, 5.74) is 5.47. The minimum absolute atomic E-state index is 0.334. The molecule has 0 unspecified atom stereocenters. The fraction of sp³-hybridized carbons (Fsp3) is 0.750. The fourth-order valence-electron chi connectivity index (χ4n) is 2.97. The van der Waals surface area contributed by atoms with Crippen LogP contribution < -0.4 is 5.73 Å². The minimum atomic E-state index is 0.334. The van der Waals surface area contributed by atoms with Gasteiger partial charge in [-0.2, -0.15) is 5.10 Å². The number of unbranched alkanes of at least 4 members (excludes halogenated alkanes) is 3. The quantitative estimate of drug-likeness (QED) is 0.746. The molecule has 2 rings (SSSR count). The fourth-order valence-corrected chi connectivity index (χ4v) is 2.97. The number of likely N-dealkylation sites (tertiary alicyclic amines) is 1. The molecule has 0 bridgehead atoms. The topological polar surface area (TPSA) is 64.2 Å². The summed E-state index contributed by atoms with van der Waals surface area (Å²) in [6, 6.07) is 1.96. The normalized spacial score (nSPS) is 16.3. The molecule has 118 valence electrons. The van der Waals surface area contributed by atoms with E-state index in [1.54, 1.807) is 0 Å². The summed E-state index contributed by atoms with van der Waals surface area (Å²) < 4.78 is 2.00. The number of carbonyl (C=O) groups is 1. The Kier molecular flexibility index (Phi) is 6.73. The molecule has 1 amide bonds. The third kappa shape index (κ3) is 5.50. The first-order valence-corrected chi connectivity index (χ1v) is 8.25. The molecule has 0 spiro atoms. The first-order chi connectivity index (χ1) is 10.3. The lowest BCUT2D eigenvalue weighted by Gasteiger charge is -2.32.